The maximum absolute atomic E-state index is 14.3. The molecule has 1 saturated carbocycles. The van der Waals surface area contributed by atoms with E-state index >= 15 is 0 Å². The van der Waals surface area contributed by atoms with E-state index in [-0.39, 0.29) is 24.8 Å². The molecular formula is C30H44N4O5. The van der Waals surface area contributed by atoms with Crippen molar-refractivity contribution in [2.45, 2.75) is 116 Å². The number of alkyl carbamates (subject to hydrolysis) is 1. The Labute approximate surface area is 232 Å². The number of primary amides is 1. The number of nitrogens with one attached hydrogen (secondary N) is 2. The van der Waals surface area contributed by atoms with Crippen LogP contribution in [0, 0.1) is 12.3 Å². The van der Waals surface area contributed by atoms with Crippen molar-refractivity contribution in [2.75, 3.05) is 0 Å². The molecule has 2 unspecified atom stereocenters. The highest BCUT2D eigenvalue weighted by atomic mass is 16.6. The first-order chi connectivity index (χ1) is 18.1. The van der Waals surface area contributed by atoms with E-state index in [1.54, 1.807) is 45.0 Å². The van der Waals surface area contributed by atoms with Crippen molar-refractivity contribution in [3.8, 4) is 12.3 Å². The average molecular weight is 541 g/mol. The van der Waals surface area contributed by atoms with E-state index in [0.29, 0.717) is 11.1 Å². The Balaban J connectivity index is 2.58. The summed E-state index contributed by atoms with van der Waals surface area (Å²) in [6.07, 6.45) is 9.68. The third kappa shape index (κ3) is 9.61. The number of hydrogen-bond donors (Lipinski definition) is 3. The van der Waals surface area contributed by atoms with Crippen LogP contribution in [0.25, 0.3) is 0 Å². The van der Waals surface area contributed by atoms with Gasteiger partial charge in [-0.15, -0.1) is 6.42 Å². The predicted molar refractivity (Wildman–Crippen MR) is 150 cm³/mol. The number of hydrogen-bond acceptors (Lipinski definition) is 5. The van der Waals surface area contributed by atoms with Crippen LogP contribution >= 0.6 is 0 Å². The fourth-order valence-electron chi connectivity index (χ4n) is 4.80. The van der Waals surface area contributed by atoms with Crippen LogP contribution in [-0.2, 0) is 19.1 Å². The molecule has 0 aliphatic heterocycles. The molecule has 0 spiro atoms. The Morgan fingerprint density at radius 3 is 2.23 bits per heavy atom. The third-order valence-corrected chi connectivity index (χ3v) is 6.50. The summed E-state index contributed by atoms with van der Waals surface area (Å²) in [6.45, 7) is 10.5. The van der Waals surface area contributed by atoms with Crippen LogP contribution in [0.4, 0.5) is 4.79 Å². The zero-order chi connectivity index (χ0) is 29.4. The fraction of sp³-hybridized carbons (Fsp3) is 0.600. The number of ether oxygens (including phenoxy) is 1. The Morgan fingerprint density at radius 1 is 1.08 bits per heavy atom. The molecule has 0 radical (unpaired) electrons. The first kappa shape index (κ1) is 31.7. The van der Waals surface area contributed by atoms with Crippen molar-refractivity contribution in [2.24, 2.45) is 5.73 Å². The molecule has 1 aliphatic rings. The summed E-state index contributed by atoms with van der Waals surface area (Å²) in [6, 6.07) is 4.76. The molecule has 0 bridgehead atoms. The van der Waals surface area contributed by atoms with Gasteiger partial charge in [-0.1, -0.05) is 43.4 Å². The monoisotopic (exact) mass is 540 g/mol. The molecule has 1 aromatic carbocycles. The first-order valence-corrected chi connectivity index (χ1v) is 13.6. The number of rotatable bonds is 9. The second kappa shape index (κ2) is 13.5. The van der Waals surface area contributed by atoms with Crippen LogP contribution < -0.4 is 16.4 Å². The van der Waals surface area contributed by atoms with Gasteiger partial charge in [0.2, 0.25) is 17.7 Å². The van der Waals surface area contributed by atoms with E-state index in [9.17, 15) is 19.2 Å². The summed E-state index contributed by atoms with van der Waals surface area (Å²) in [5, 5.41) is 5.75. The zero-order valence-electron chi connectivity index (χ0n) is 24.1. The lowest BCUT2D eigenvalue weighted by Gasteiger charge is -2.43. The minimum absolute atomic E-state index is 0.00536. The van der Waals surface area contributed by atoms with Gasteiger partial charge in [-0.3, -0.25) is 14.4 Å². The third-order valence-electron chi connectivity index (χ3n) is 6.50. The molecule has 214 valence electrons. The van der Waals surface area contributed by atoms with Gasteiger partial charge in [0.25, 0.3) is 0 Å². The van der Waals surface area contributed by atoms with Gasteiger partial charge >= 0.3 is 6.09 Å². The van der Waals surface area contributed by atoms with Gasteiger partial charge in [-0.05, 0) is 72.4 Å². The SMILES string of the molecule is C#Cc1ccccc1C(C(=O)NC1CCCCC1)N(C(=O)C(CCC(N)=O)NC(=O)OC(C)(C)C)C(C)(C)C. The van der Waals surface area contributed by atoms with Crippen molar-refractivity contribution in [3.05, 3.63) is 35.4 Å². The van der Waals surface area contributed by atoms with E-state index < -0.39 is 41.1 Å². The van der Waals surface area contributed by atoms with Gasteiger partial charge in [-0.2, -0.15) is 0 Å². The predicted octanol–water partition coefficient (Wildman–Crippen LogP) is 3.94. The highest BCUT2D eigenvalue weighted by molar-refractivity contribution is 5.93. The van der Waals surface area contributed by atoms with Crippen LogP contribution in [0.3, 0.4) is 0 Å². The number of amides is 4. The second-order valence-corrected chi connectivity index (χ2v) is 12.1. The molecule has 0 saturated heterocycles. The van der Waals surface area contributed by atoms with E-state index in [1.807, 2.05) is 20.8 Å². The fourth-order valence-corrected chi connectivity index (χ4v) is 4.80. The maximum Gasteiger partial charge on any atom is 0.408 e. The number of carbonyl (C=O) groups is 4. The lowest BCUT2D eigenvalue weighted by atomic mass is 9.91. The lowest BCUT2D eigenvalue weighted by Crippen LogP contribution is -2.59. The largest absolute Gasteiger partial charge is 0.444 e. The van der Waals surface area contributed by atoms with Crippen LogP contribution in [0.2, 0.25) is 0 Å². The van der Waals surface area contributed by atoms with Gasteiger partial charge in [0.1, 0.15) is 17.7 Å². The summed E-state index contributed by atoms with van der Waals surface area (Å²) >= 11 is 0. The summed E-state index contributed by atoms with van der Waals surface area (Å²) in [5.41, 5.74) is 4.68. The zero-order valence-corrected chi connectivity index (χ0v) is 24.1. The van der Waals surface area contributed by atoms with Crippen LogP contribution in [-0.4, -0.2) is 51.9 Å². The van der Waals surface area contributed by atoms with Crippen molar-refractivity contribution < 1.29 is 23.9 Å². The molecule has 0 aromatic heterocycles. The van der Waals surface area contributed by atoms with E-state index in [0.717, 1.165) is 32.1 Å². The first-order valence-electron chi connectivity index (χ1n) is 13.6. The Kier molecular flexibility index (Phi) is 11.0. The molecule has 9 heteroatoms. The minimum atomic E-state index is -1.17. The molecule has 4 amide bonds. The highest BCUT2D eigenvalue weighted by Crippen LogP contribution is 2.33. The van der Waals surface area contributed by atoms with Gasteiger partial charge in [0.05, 0.1) is 0 Å². The van der Waals surface area contributed by atoms with Crippen molar-refractivity contribution >= 4 is 23.8 Å². The van der Waals surface area contributed by atoms with Gasteiger partial charge in [0.15, 0.2) is 0 Å². The Bertz CT molecular complexity index is 1070. The summed E-state index contributed by atoms with van der Waals surface area (Å²) < 4.78 is 5.38. The van der Waals surface area contributed by atoms with E-state index in [4.69, 9.17) is 16.9 Å². The second-order valence-electron chi connectivity index (χ2n) is 12.1. The van der Waals surface area contributed by atoms with Crippen LogP contribution in [0.15, 0.2) is 24.3 Å². The lowest BCUT2D eigenvalue weighted by molar-refractivity contribution is -0.149. The average Bonchev–Trinajstić information content (AvgIpc) is 2.83. The smallest absolute Gasteiger partial charge is 0.408 e. The van der Waals surface area contributed by atoms with Gasteiger partial charge in [0, 0.05) is 23.6 Å². The number of nitrogens with two attached hydrogens (primary N) is 1. The molecule has 39 heavy (non-hydrogen) atoms. The molecule has 9 nitrogen and oxygen atoms in total. The number of nitrogens with zero attached hydrogens (tertiary/aromatic N) is 1. The van der Waals surface area contributed by atoms with Crippen LogP contribution in [0.5, 0.6) is 0 Å². The summed E-state index contributed by atoms with van der Waals surface area (Å²) in [4.78, 5) is 54.1. The summed E-state index contributed by atoms with van der Waals surface area (Å²) in [7, 11) is 0. The Morgan fingerprint density at radius 2 is 1.69 bits per heavy atom. The van der Waals surface area contributed by atoms with Crippen molar-refractivity contribution in [1.29, 1.82) is 0 Å². The molecule has 2 rings (SSSR count). The van der Waals surface area contributed by atoms with Crippen molar-refractivity contribution in [3.63, 3.8) is 0 Å². The Hall–Kier alpha value is -3.54. The topological polar surface area (TPSA) is 131 Å². The van der Waals surface area contributed by atoms with Gasteiger partial charge in [-0.25, -0.2) is 4.79 Å². The maximum atomic E-state index is 14.3. The molecule has 2 atom stereocenters. The molecular weight excluding hydrogens is 496 g/mol. The quantitative estimate of drug-likeness (QED) is 0.408. The standard InChI is InChI=1S/C30H44N4O5/c1-8-20-14-12-13-17-22(20)25(26(36)32-21-15-10-9-11-16-21)34(29(2,3)4)27(37)23(18-19-24(31)35)33-28(38)39-30(5,6)7/h1,12-14,17,21,23,25H,9-11,15-16,18-19H2,2-7H3,(H2,31,35)(H,32,36)(H,33,38). The molecule has 0 heterocycles. The van der Waals surface area contributed by atoms with Crippen LogP contribution in [0.1, 0.15) is 104 Å². The van der Waals surface area contributed by atoms with Gasteiger partial charge < -0.3 is 26.0 Å². The normalized spacial score (nSPS) is 15.8. The summed E-state index contributed by atoms with van der Waals surface area (Å²) in [5.74, 6) is 1.12. The molecule has 4 N–H and O–H groups in total. The van der Waals surface area contributed by atoms with E-state index in [2.05, 4.69) is 16.6 Å². The van der Waals surface area contributed by atoms with Crippen molar-refractivity contribution in [1.82, 2.24) is 15.5 Å². The molecule has 1 aliphatic carbocycles. The molecule has 1 aromatic rings. The number of carbonyl (C=O) groups excluding carboxylic acids is 4. The highest BCUT2D eigenvalue weighted by Gasteiger charge is 2.43. The number of benzene rings is 1. The van der Waals surface area contributed by atoms with E-state index in [1.165, 1.54) is 4.90 Å². The number of terminal acetylenes is 1. The molecule has 1 fully saturated rings. The minimum Gasteiger partial charge on any atom is -0.444 e.